The van der Waals surface area contributed by atoms with Crippen LogP contribution in [-0.4, -0.2) is 53.4 Å². The summed E-state index contributed by atoms with van der Waals surface area (Å²) < 4.78 is 5.06. The van der Waals surface area contributed by atoms with Crippen molar-refractivity contribution in [2.75, 3.05) is 26.2 Å². The fraction of sp³-hybridized carbons (Fsp3) is 0.733. The standard InChI is InChI=1S/C15H25N3O3/c1-11(2)13-9-14(21-17-13)15(20)16-6-8-18-7-4-3-5-12(18)10-19/h9,11-12,19H,3-8,10H2,1-2H3,(H,16,20). The van der Waals surface area contributed by atoms with Crippen LogP contribution >= 0.6 is 0 Å². The van der Waals surface area contributed by atoms with Crippen molar-refractivity contribution < 1.29 is 14.4 Å². The first-order chi connectivity index (χ1) is 10.1. The molecule has 0 radical (unpaired) electrons. The largest absolute Gasteiger partial charge is 0.395 e. The minimum absolute atomic E-state index is 0.188. The number of amides is 1. The number of hydrogen-bond donors (Lipinski definition) is 2. The number of aliphatic hydroxyl groups is 1. The van der Waals surface area contributed by atoms with E-state index >= 15 is 0 Å². The van der Waals surface area contributed by atoms with Crippen LogP contribution in [0.25, 0.3) is 0 Å². The monoisotopic (exact) mass is 295 g/mol. The molecule has 1 atom stereocenters. The lowest BCUT2D eigenvalue weighted by molar-refractivity contribution is 0.0830. The molecule has 1 aromatic rings. The van der Waals surface area contributed by atoms with Crippen LogP contribution in [0.4, 0.5) is 0 Å². The van der Waals surface area contributed by atoms with Gasteiger partial charge in [-0.1, -0.05) is 25.4 Å². The van der Waals surface area contributed by atoms with Gasteiger partial charge in [0.15, 0.2) is 0 Å². The van der Waals surface area contributed by atoms with Crippen molar-refractivity contribution in [1.29, 1.82) is 0 Å². The molecule has 0 aliphatic carbocycles. The Labute approximate surface area is 125 Å². The highest BCUT2D eigenvalue weighted by atomic mass is 16.5. The van der Waals surface area contributed by atoms with Gasteiger partial charge >= 0.3 is 0 Å². The Balaban J connectivity index is 1.78. The van der Waals surface area contributed by atoms with Crippen LogP contribution in [0.3, 0.4) is 0 Å². The van der Waals surface area contributed by atoms with Crippen LogP contribution in [0.2, 0.25) is 0 Å². The zero-order valence-corrected chi connectivity index (χ0v) is 12.8. The molecule has 0 saturated carbocycles. The van der Waals surface area contributed by atoms with Crippen LogP contribution < -0.4 is 5.32 Å². The molecule has 0 bridgehead atoms. The predicted octanol–water partition coefficient (Wildman–Crippen LogP) is 1.37. The number of aromatic nitrogens is 1. The molecule has 1 aliphatic rings. The average Bonchev–Trinajstić information content (AvgIpc) is 2.98. The van der Waals surface area contributed by atoms with Gasteiger partial charge < -0.3 is 14.9 Å². The van der Waals surface area contributed by atoms with Crippen LogP contribution in [0.1, 0.15) is 55.3 Å². The topological polar surface area (TPSA) is 78.6 Å². The van der Waals surface area contributed by atoms with E-state index in [0.717, 1.165) is 31.6 Å². The van der Waals surface area contributed by atoms with Crippen LogP contribution in [-0.2, 0) is 0 Å². The molecular weight excluding hydrogens is 270 g/mol. The van der Waals surface area contributed by atoms with E-state index in [2.05, 4.69) is 15.4 Å². The Morgan fingerprint density at radius 1 is 1.57 bits per heavy atom. The van der Waals surface area contributed by atoms with Gasteiger partial charge in [-0.15, -0.1) is 0 Å². The van der Waals surface area contributed by atoms with Crippen LogP contribution in [0.5, 0.6) is 0 Å². The number of carbonyl (C=O) groups is 1. The number of hydrogen-bond acceptors (Lipinski definition) is 5. The molecule has 2 N–H and O–H groups in total. The average molecular weight is 295 g/mol. The smallest absolute Gasteiger partial charge is 0.289 e. The third kappa shape index (κ3) is 4.28. The number of carbonyl (C=O) groups excluding carboxylic acids is 1. The molecule has 2 rings (SSSR count). The third-order valence-corrected chi connectivity index (χ3v) is 3.99. The summed E-state index contributed by atoms with van der Waals surface area (Å²) in [6.45, 7) is 6.49. The van der Waals surface area contributed by atoms with E-state index in [4.69, 9.17) is 4.52 Å². The Kier molecular flexibility index (Phi) is 5.76. The fourth-order valence-corrected chi connectivity index (χ4v) is 2.63. The normalized spacial score (nSPS) is 19.9. The van der Waals surface area contributed by atoms with Crippen molar-refractivity contribution in [3.8, 4) is 0 Å². The van der Waals surface area contributed by atoms with E-state index in [1.165, 1.54) is 6.42 Å². The molecule has 1 fully saturated rings. The van der Waals surface area contributed by atoms with E-state index in [1.54, 1.807) is 6.07 Å². The summed E-state index contributed by atoms with van der Waals surface area (Å²) in [4.78, 5) is 14.2. The van der Waals surface area contributed by atoms with Crippen molar-refractivity contribution in [2.45, 2.75) is 45.1 Å². The molecule has 118 valence electrons. The Morgan fingerprint density at radius 3 is 3.05 bits per heavy atom. The number of aliphatic hydroxyl groups excluding tert-OH is 1. The molecule has 1 aliphatic heterocycles. The Bertz CT molecular complexity index is 459. The first-order valence-electron chi connectivity index (χ1n) is 7.71. The summed E-state index contributed by atoms with van der Waals surface area (Å²) in [5.74, 6) is 0.275. The number of nitrogens with zero attached hydrogens (tertiary/aromatic N) is 2. The van der Waals surface area contributed by atoms with Gasteiger partial charge in [0.05, 0.1) is 12.3 Å². The zero-order chi connectivity index (χ0) is 15.2. The van der Waals surface area contributed by atoms with Crippen molar-refractivity contribution in [3.63, 3.8) is 0 Å². The van der Waals surface area contributed by atoms with E-state index in [9.17, 15) is 9.90 Å². The first kappa shape index (κ1) is 16.0. The Hall–Kier alpha value is -1.40. The van der Waals surface area contributed by atoms with Gasteiger partial charge in [-0.25, -0.2) is 0 Å². The molecule has 6 nitrogen and oxygen atoms in total. The van der Waals surface area contributed by atoms with Crippen molar-refractivity contribution in [3.05, 3.63) is 17.5 Å². The van der Waals surface area contributed by atoms with Gasteiger partial charge in [-0.05, 0) is 25.3 Å². The quantitative estimate of drug-likeness (QED) is 0.829. The van der Waals surface area contributed by atoms with Crippen molar-refractivity contribution in [1.82, 2.24) is 15.4 Å². The molecular formula is C15H25N3O3. The van der Waals surface area contributed by atoms with Gasteiger partial charge in [-0.2, -0.15) is 0 Å². The third-order valence-electron chi connectivity index (χ3n) is 3.99. The second-order valence-corrected chi connectivity index (χ2v) is 5.89. The number of likely N-dealkylation sites (tertiary alicyclic amines) is 1. The molecule has 0 spiro atoms. The van der Waals surface area contributed by atoms with Gasteiger partial charge in [0, 0.05) is 25.2 Å². The summed E-state index contributed by atoms with van der Waals surface area (Å²) in [5.41, 5.74) is 0.788. The molecule has 1 saturated heterocycles. The maximum absolute atomic E-state index is 12.0. The highest BCUT2D eigenvalue weighted by molar-refractivity contribution is 5.91. The van der Waals surface area contributed by atoms with Crippen molar-refractivity contribution >= 4 is 5.91 Å². The van der Waals surface area contributed by atoms with Crippen LogP contribution in [0, 0.1) is 0 Å². The SMILES string of the molecule is CC(C)c1cc(C(=O)NCCN2CCCCC2CO)on1. The van der Waals surface area contributed by atoms with E-state index < -0.39 is 0 Å². The molecule has 6 heteroatoms. The first-order valence-corrected chi connectivity index (χ1v) is 7.71. The lowest BCUT2D eigenvalue weighted by atomic mass is 10.0. The van der Waals surface area contributed by atoms with E-state index in [-0.39, 0.29) is 30.2 Å². The minimum Gasteiger partial charge on any atom is -0.395 e. The highest BCUT2D eigenvalue weighted by Gasteiger charge is 2.21. The van der Waals surface area contributed by atoms with E-state index in [1.807, 2.05) is 13.8 Å². The molecule has 1 unspecified atom stereocenters. The second kappa shape index (κ2) is 7.56. The summed E-state index contributed by atoms with van der Waals surface area (Å²) in [7, 11) is 0. The fourth-order valence-electron chi connectivity index (χ4n) is 2.63. The lowest BCUT2D eigenvalue weighted by Crippen LogP contribution is -2.45. The maximum Gasteiger partial charge on any atom is 0.289 e. The molecule has 0 aromatic carbocycles. The molecule has 1 aromatic heterocycles. The van der Waals surface area contributed by atoms with Crippen LogP contribution in [0.15, 0.2) is 10.6 Å². The maximum atomic E-state index is 12.0. The molecule has 21 heavy (non-hydrogen) atoms. The summed E-state index contributed by atoms with van der Waals surface area (Å²) in [6, 6.07) is 1.92. The lowest BCUT2D eigenvalue weighted by Gasteiger charge is -2.34. The van der Waals surface area contributed by atoms with Crippen molar-refractivity contribution in [2.24, 2.45) is 0 Å². The van der Waals surface area contributed by atoms with Gasteiger partial charge in [0.2, 0.25) is 5.76 Å². The van der Waals surface area contributed by atoms with Gasteiger partial charge in [0.25, 0.3) is 5.91 Å². The number of rotatable bonds is 6. The molecule has 1 amide bonds. The number of piperidine rings is 1. The zero-order valence-electron chi connectivity index (χ0n) is 12.8. The Morgan fingerprint density at radius 2 is 2.38 bits per heavy atom. The van der Waals surface area contributed by atoms with E-state index in [0.29, 0.717) is 6.54 Å². The summed E-state index contributed by atoms with van der Waals surface area (Å²) >= 11 is 0. The number of nitrogens with one attached hydrogen (secondary N) is 1. The minimum atomic E-state index is -0.230. The molecule has 2 heterocycles. The summed E-state index contributed by atoms with van der Waals surface area (Å²) in [5, 5.41) is 16.1. The van der Waals surface area contributed by atoms with Gasteiger partial charge in [-0.3, -0.25) is 9.69 Å². The summed E-state index contributed by atoms with van der Waals surface area (Å²) in [6.07, 6.45) is 3.36. The van der Waals surface area contributed by atoms with Gasteiger partial charge in [0.1, 0.15) is 0 Å². The second-order valence-electron chi connectivity index (χ2n) is 5.89. The highest BCUT2D eigenvalue weighted by Crippen LogP contribution is 2.16. The predicted molar refractivity (Wildman–Crippen MR) is 79.2 cm³/mol.